The standard InChI is InChI=1S/C18H28N6O9/c1-8(25)23-12-9(24-16(20)21)6-10(15(26)29-2)31-14(12)13(11-7-30-18(28)32-11)33-17(27)22-5-3-4-19/h6,9,11-14H,3-5,7,19H2,1-2H3,(H,22,27)(H,23,25)(H4,20,21,24)/t9-,11+,12+,13+,14+/m0/s1. The zero-order valence-electron chi connectivity index (χ0n) is 18.1. The van der Waals surface area contributed by atoms with E-state index in [1.165, 1.54) is 13.0 Å². The molecule has 15 heteroatoms. The van der Waals surface area contributed by atoms with Crippen LogP contribution in [0.1, 0.15) is 13.3 Å². The summed E-state index contributed by atoms with van der Waals surface area (Å²) >= 11 is 0. The van der Waals surface area contributed by atoms with E-state index in [2.05, 4.69) is 16.0 Å². The molecule has 2 aliphatic heterocycles. The molecule has 0 aliphatic carbocycles. The molecule has 8 N–H and O–H groups in total. The van der Waals surface area contributed by atoms with E-state index in [4.69, 9.17) is 40.6 Å². The topological polar surface area (TPSA) is 226 Å². The summed E-state index contributed by atoms with van der Waals surface area (Å²) in [5.74, 6) is -2.14. The van der Waals surface area contributed by atoms with Crippen LogP contribution in [0.3, 0.4) is 0 Å². The van der Waals surface area contributed by atoms with Crippen molar-refractivity contribution in [1.82, 2.24) is 16.0 Å². The molecule has 0 aromatic carbocycles. The summed E-state index contributed by atoms with van der Waals surface area (Å²) in [5.41, 5.74) is 10.9. The molecule has 0 radical (unpaired) electrons. The monoisotopic (exact) mass is 472 g/mol. The lowest BCUT2D eigenvalue weighted by molar-refractivity contribution is -0.147. The highest BCUT2D eigenvalue weighted by molar-refractivity contribution is 5.87. The van der Waals surface area contributed by atoms with E-state index in [9.17, 15) is 19.2 Å². The maximum atomic E-state index is 12.4. The van der Waals surface area contributed by atoms with Gasteiger partial charge in [0.1, 0.15) is 6.61 Å². The van der Waals surface area contributed by atoms with Crippen LogP contribution in [0, 0.1) is 5.41 Å². The van der Waals surface area contributed by atoms with Gasteiger partial charge in [0.05, 0.1) is 19.2 Å². The van der Waals surface area contributed by atoms with E-state index < -0.39 is 60.5 Å². The third-order valence-electron chi connectivity index (χ3n) is 4.61. The Morgan fingerprint density at radius 3 is 2.58 bits per heavy atom. The number of nitrogens with one attached hydrogen (secondary N) is 4. The molecule has 2 amide bonds. The minimum Gasteiger partial charge on any atom is -0.477 e. The number of carbonyl (C=O) groups excluding carboxylic acids is 4. The van der Waals surface area contributed by atoms with Crippen molar-refractivity contribution in [1.29, 1.82) is 5.41 Å². The summed E-state index contributed by atoms with van der Waals surface area (Å²) in [6.45, 7) is 1.50. The lowest BCUT2D eigenvalue weighted by Gasteiger charge is -2.41. The van der Waals surface area contributed by atoms with Crippen molar-refractivity contribution in [3.8, 4) is 0 Å². The Labute approximate surface area is 188 Å². The largest absolute Gasteiger partial charge is 0.508 e. The third kappa shape index (κ3) is 7.13. The Morgan fingerprint density at radius 2 is 2.03 bits per heavy atom. The predicted octanol–water partition coefficient (Wildman–Crippen LogP) is -2.22. The molecule has 0 aromatic heterocycles. The van der Waals surface area contributed by atoms with Gasteiger partial charge in [-0.25, -0.2) is 14.4 Å². The van der Waals surface area contributed by atoms with E-state index in [0.29, 0.717) is 13.0 Å². The van der Waals surface area contributed by atoms with Crippen LogP contribution in [0.5, 0.6) is 0 Å². The fraction of sp³-hybridized carbons (Fsp3) is 0.611. The van der Waals surface area contributed by atoms with Crippen molar-refractivity contribution < 1.29 is 42.9 Å². The molecular formula is C18H28N6O9. The van der Waals surface area contributed by atoms with Gasteiger partial charge in [0.15, 0.2) is 24.3 Å². The molecule has 1 saturated heterocycles. The molecule has 0 bridgehead atoms. The quantitative estimate of drug-likeness (QED) is 0.0689. The Morgan fingerprint density at radius 1 is 1.30 bits per heavy atom. The summed E-state index contributed by atoms with van der Waals surface area (Å²) in [5, 5.41) is 15.3. The smallest absolute Gasteiger partial charge is 0.477 e. The highest BCUT2D eigenvalue weighted by Crippen LogP contribution is 2.28. The van der Waals surface area contributed by atoms with Crippen LogP contribution >= 0.6 is 0 Å². The van der Waals surface area contributed by atoms with E-state index in [0.717, 1.165) is 7.11 Å². The summed E-state index contributed by atoms with van der Waals surface area (Å²) in [7, 11) is 1.13. The zero-order chi connectivity index (χ0) is 24.5. The van der Waals surface area contributed by atoms with Crippen molar-refractivity contribution in [3.05, 3.63) is 11.8 Å². The molecule has 0 spiro atoms. The normalized spacial score (nSPS) is 24.7. The number of ether oxygens (including phenoxy) is 5. The number of nitrogens with two attached hydrogens (primary N) is 2. The molecule has 15 nitrogen and oxygen atoms in total. The molecule has 33 heavy (non-hydrogen) atoms. The lowest BCUT2D eigenvalue weighted by Crippen LogP contribution is -2.64. The Balaban J connectivity index is 2.43. The number of alkyl carbamates (subject to hydrolysis) is 1. The number of cyclic esters (lactones) is 2. The number of guanidine groups is 1. The van der Waals surface area contributed by atoms with Crippen LogP contribution in [0.15, 0.2) is 11.8 Å². The van der Waals surface area contributed by atoms with Crippen molar-refractivity contribution in [2.75, 3.05) is 26.8 Å². The molecule has 2 aliphatic rings. The van der Waals surface area contributed by atoms with E-state index in [1.807, 2.05) is 0 Å². The zero-order valence-corrected chi connectivity index (χ0v) is 18.1. The SMILES string of the molecule is COC(=O)C1=C[C@H](NC(=N)N)[C@@H](NC(C)=O)[C@H]([C@H](OC(=O)NCCCN)[C@H]2COC(=O)O2)O1. The maximum Gasteiger partial charge on any atom is 0.508 e. The second-order valence-electron chi connectivity index (χ2n) is 7.07. The van der Waals surface area contributed by atoms with Crippen LogP contribution in [0.25, 0.3) is 0 Å². The molecular weight excluding hydrogens is 444 g/mol. The lowest BCUT2D eigenvalue weighted by atomic mass is 9.91. The summed E-state index contributed by atoms with van der Waals surface area (Å²) in [6.07, 6.45) is -3.90. The molecule has 0 saturated carbocycles. The van der Waals surface area contributed by atoms with Crippen LogP contribution < -0.4 is 27.4 Å². The fourth-order valence-corrected chi connectivity index (χ4v) is 3.25. The van der Waals surface area contributed by atoms with Gasteiger partial charge in [-0.2, -0.15) is 0 Å². The van der Waals surface area contributed by atoms with Gasteiger partial charge in [0.25, 0.3) is 0 Å². The Hall–Kier alpha value is -3.75. The Bertz CT molecular complexity index is 804. The second-order valence-corrected chi connectivity index (χ2v) is 7.07. The van der Waals surface area contributed by atoms with E-state index in [1.54, 1.807) is 0 Å². The number of hydrogen-bond donors (Lipinski definition) is 6. The highest BCUT2D eigenvalue weighted by Gasteiger charge is 2.50. The first-order valence-electron chi connectivity index (χ1n) is 9.98. The van der Waals surface area contributed by atoms with Crippen LogP contribution in [-0.4, -0.2) is 87.3 Å². The fourth-order valence-electron chi connectivity index (χ4n) is 3.25. The molecule has 0 aromatic rings. The van der Waals surface area contributed by atoms with Gasteiger partial charge in [0, 0.05) is 13.5 Å². The van der Waals surface area contributed by atoms with Gasteiger partial charge in [-0.15, -0.1) is 0 Å². The first-order chi connectivity index (χ1) is 15.7. The van der Waals surface area contributed by atoms with E-state index >= 15 is 0 Å². The number of carbonyl (C=O) groups is 4. The molecule has 2 rings (SSSR count). The number of esters is 1. The second kappa shape index (κ2) is 11.8. The van der Waals surface area contributed by atoms with Crippen LogP contribution in [0.4, 0.5) is 9.59 Å². The number of methoxy groups -OCH3 is 1. The van der Waals surface area contributed by atoms with Crippen molar-refractivity contribution in [2.24, 2.45) is 11.5 Å². The van der Waals surface area contributed by atoms with Crippen LogP contribution in [-0.2, 0) is 33.3 Å². The van der Waals surface area contributed by atoms with Gasteiger partial charge in [-0.1, -0.05) is 0 Å². The van der Waals surface area contributed by atoms with Crippen molar-refractivity contribution >= 4 is 30.1 Å². The van der Waals surface area contributed by atoms with Gasteiger partial charge >= 0.3 is 18.2 Å². The number of amides is 2. The van der Waals surface area contributed by atoms with Gasteiger partial charge < -0.3 is 51.1 Å². The van der Waals surface area contributed by atoms with Gasteiger partial charge in [-0.05, 0) is 19.0 Å². The van der Waals surface area contributed by atoms with Gasteiger partial charge in [-0.3, -0.25) is 10.2 Å². The Kier molecular flexibility index (Phi) is 9.08. The minimum atomic E-state index is -1.35. The van der Waals surface area contributed by atoms with Crippen molar-refractivity contribution in [2.45, 2.75) is 43.7 Å². The molecule has 0 unspecified atom stereocenters. The molecule has 2 heterocycles. The predicted molar refractivity (Wildman–Crippen MR) is 110 cm³/mol. The average molecular weight is 472 g/mol. The minimum absolute atomic E-state index is 0.214. The first-order valence-corrected chi connectivity index (χ1v) is 9.98. The molecule has 1 fully saturated rings. The average Bonchev–Trinajstić information content (AvgIpc) is 3.18. The molecule has 5 atom stereocenters. The number of rotatable bonds is 9. The first kappa shape index (κ1) is 25.5. The third-order valence-corrected chi connectivity index (χ3v) is 4.61. The van der Waals surface area contributed by atoms with Crippen molar-refractivity contribution in [3.63, 3.8) is 0 Å². The molecule has 184 valence electrons. The van der Waals surface area contributed by atoms with Crippen LogP contribution in [0.2, 0.25) is 0 Å². The maximum absolute atomic E-state index is 12.4. The summed E-state index contributed by atoms with van der Waals surface area (Å²) in [6, 6.07) is -1.98. The highest BCUT2D eigenvalue weighted by atomic mass is 16.8. The number of hydrogen-bond acceptors (Lipinski definition) is 11. The van der Waals surface area contributed by atoms with E-state index in [-0.39, 0.29) is 18.9 Å². The summed E-state index contributed by atoms with van der Waals surface area (Å²) in [4.78, 5) is 48.1. The van der Waals surface area contributed by atoms with Gasteiger partial charge in [0.2, 0.25) is 11.7 Å². The summed E-state index contributed by atoms with van der Waals surface area (Å²) < 4.78 is 25.8.